The van der Waals surface area contributed by atoms with Gasteiger partial charge in [0.1, 0.15) is 6.04 Å². The Morgan fingerprint density at radius 3 is 2.58 bits per heavy atom. The van der Waals surface area contributed by atoms with Gasteiger partial charge in [0.2, 0.25) is 0 Å². The highest BCUT2D eigenvalue weighted by atomic mass is 32.2. The van der Waals surface area contributed by atoms with Gasteiger partial charge in [0.15, 0.2) is 9.84 Å². The summed E-state index contributed by atoms with van der Waals surface area (Å²) in [5, 5.41) is 20.6. The summed E-state index contributed by atoms with van der Waals surface area (Å²) in [7, 11) is -3.18. The number of rotatable bonds is 5. The van der Waals surface area contributed by atoms with Crippen molar-refractivity contribution >= 4 is 21.8 Å². The fraction of sp³-hybridized carbons (Fsp3) is 0.800. The van der Waals surface area contributed by atoms with Crippen molar-refractivity contribution in [3.8, 4) is 0 Å². The van der Waals surface area contributed by atoms with Crippen LogP contribution in [0.3, 0.4) is 0 Å². The minimum atomic E-state index is -3.18. The fourth-order valence-corrected chi connectivity index (χ4v) is 2.53. The molecule has 1 saturated heterocycles. The molecule has 0 spiro atoms. The topological polar surface area (TPSA) is 124 Å². The summed E-state index contributed by atoms with van der Waals surface area (Å²) in [4.78, 5) is 23.6. The van der Waals surface area contributed by atoms with E-state index in [4.69, 9.17) is 5.11 Å². The second-order valence-electron chi connectivity index (χ2n) is 4.36. The first kappa shape index (κ1) is 15.7. The molecule has 19 heavy (non-hydrogen) atoms. The van der Waals surface area contributed by atoms with Gasteiger partial charge in [0, 0.05) is 25.3 Å². The summed E-state index contributed by atoms with van der Waals surface area (Å²) in [6.45, 7) is 1.37. The van der Waals surface area contributed by atoms with Gasteiger partial charge in [0.05, 0.1) is 11.9 Å². The maximum absolute atomic E-state index is 11.7. The van der Waals surface area contributed by atoms with E-state index in [1.807, 2.05) is 0 Å². The molecule has 2 atom stereocenters. The van der Waals surface area contributed by atoms with Crippen LogP contribution in [-0.2, 0) is 14.6 Å². The molecule has 0 saturated carbocycles. The Bertz CT molecular complexity index is 449. The second kappa shape index (κ2) is 6.20. The molecule has 3 N–H and O–H groups in total. The third-order valence-electron chi connectivity index (χ3n) is 2.95. The van der Waals surface area contributed by atoms with Gasteiger partial charge in [-0.1, -0.05) is 6.92 Å². The van der Waals surface area contributed by atoms with E-state index < -0.39 is 34.0 Å². The third kappa shape index (κ3) is 4.35. The SMILES string of the molecule is CCS(=O)(=O)CCNC(=O)N1CC(O)CC1C(=O)O. The Labute approximate surface area is 111 Å². The van der Waals surface area contributed by atoms with E-state index in [0.29, 0.717) is 0 Å². The molecule has 110 valence electrons. The third-order valence-corrected chi connectivity index (χ3v) is 4.66. The van der Waals surface area contributed by atoms with Gasteiger partial charge in [-0.3, -0.25) is 0 Å². The highest BCUT2D eigenvalue weighted by molar-refractivity contribution is 7.91. The number of hydrogen-bond acceptors (Lipinski definition) is 5. The van der Waals surface area contributed by atoms with Crippen molar-refractivity contribution in [2.24, 2.45) is 0 Å². The van der Waals surface area contributed by atoms with Gasteiger partial charge in [-0.05, 0) is 0 Å². The second-order valence-corrected chi connectivity index (χ2v) is 6.84. The monoisotopic (exact) mass is 294 g/mol. The van der Waals surface area contributed by atoms with Crippen LogP contribution in [0.1, 0.15) is 13.3 Å². The molecule has 1 fully saturated rings. The molecule has 0 aromatic rings. The highest BCUT2D eigenvalue weighted by Crippen LogP contribution is 2.17. The van der Waals surface area contributed by atoms with Crippen LogP contribution in [0.4, 0.5) is 4.79 Å². The number of β-amino-alcohol motifs (C(OH)–C–C–N with tert-alkyl or cyclic N) is 1. The summed E-state index contributed by atoms with van der Waals surface area (Å²) >= 11 is 0. The van der Waals surface area contributed by atoms with E-state index in [9.17, 15) is 23.1 Å². The van der Waals surface area contributed by atoms with E-state index in [1.54, 1.807) is 0 Å². The lowest BCUT2D eigenvalue weighted by Gasteiger charge is -2.21. The number of hydrogen-bond donors (Lipinski definition) is 3. The standard InChI is InChI=1S/C10H18N2O6S/c1-2-19(17,18)4-3-11-10(16)12-6-7(13)5-8(12)9(14)15/h7-8,13H,2-6H2,1H3,(H,11,16)(H,14,15). The molecule has 0 aromatic carbocycles. The maximum Gasteiger partial charge on any atom is 0.326 e. The number of nitrogens with one attached hydrogen (secondary N) is 1. The van der Waals surface area contributed by atoms with Crippen LogP contribution >= 0.6 is 0 Å². The molecular formula is C10H18N2O6S. The summed E-state index contributed by atoms with van der Waals surface area (Å²) in [6.07, 6.45) is -0.887. The van der Waals surface area contributed by atoms with Crippen molar-refractivity contribution in [3.05, 3.63) is 0 Å². The Hall–Kier alpha value is -1.35. The number of urea groups is 1. The Morgan fingerprint density at radius 2 is 2.05 bits per heavy atom. The average molecular weight is 294 g/mol. The van der Waals surface area contributed by atoms with Gasteiger partial charge in [0.25, 0.3) is 0 Å². The van der Waals surface area contributed by atoms with Crippen LogP contribution in [0.15, 0.2) is 0 Å². The first-order valence-corrected chi connectivity index (χ1v) is 7.74. The molecule has 8 nitrogen and oxygen atoms in total. The predicted molar refractivity (Wildman–Crippen MR) is 66.5 cm³/mol. The lowest BCUT2D eigenvalue weighted by Crippen LogP contribution is -2.47. The molecule has 1 aliphatic rings. The number of aliphatic hydroxyl groups excluding tert-OH is 1. The molecule has 1 heterocycles. The number of aliphatic carboxylic acids is 1. The molecular weight excluding hydrogens is 276 g/mol. The average Bonchev–Trinajstić information content (AvgIpc) is 2.71. The van der Waals surface area contributed by atoms with Gasteiger partial charge < -0.3 is 20.4 Å². The Balaban J connectivity index is 2.51. The summed E-state index contributed by atoms with van der Waals surface area (Å²) in [5.74, 6) is -1.39. The number of aliphatic hydroxyl groups is 1. The van der Waals surface area contributed by atoms with Crippen molar-refractivity contribution < 1.29 is 28.2 Å². The summed E-state index contributed by atoms with van der Waals surface area (Å²) < 4.78 is 22.5. The van der Waals surface area contributed by atoms with Crippen LogP contribution in [-0.4, -0.2) is 72.3 Å². The normalized spacial score (nSPS) is 23.4. The summed E-state index contributed by atoms with van der Waals surface area (Å²) in [5.41, 5.74) is 0. The van der Waals surface area contributed by atoms with Crippen molar-refractivity contribution in [3.63, 3.8) is 0 Å². The molecule has 2 unspecified atom stereocenters. The number of carboxylic acids is 1. The van der Waals surface area contributed by atoms with Crippen molar-refractivity contribution in [2.45, 2.75) is 25.5 Å². The minimum absolute atomic E-state index is 0.0109. The fourth-order valence-electron chi connectivity index (χ4n) is 1.83. The first-order valence-electron chi connectivity index (χ1n) is 5.92. The molecule has 1 rings (SSSR count). The Kier molecular flexibility index (Phi) is 5.12. The van der Waals surface area contributed by atoms with Gasteiger partial charge >= 0.3 is 12.0 Å². The number of sulfone groups is 1. The van der Waals surface area contributed by atoms with Gasteiger partial charge in [-0.25, -0.2) is 18.0 Å². The zero-order valence-corrected chi connectivity index (χ0v) is 11.4. The molecule has 1 aliphatic heterocycles. The van der Waals surface area contributed by atoms with E-state index in [0.717, 1.165) is 4.90 Å². The van der Waals surface area contributed by atoms with Crippen LogP contribution in [0.25, 0.3) is 0 Å². The molecule has 0 aliphatic carbocycles. The molecule has 2 amide bonds. The lowest BCUT2D eigenvalue weighted by molar-refractivity contribution is -0.141. The molecule has 9 heteroatoms. The van der Waals surface area contributed by atoms with Crippen molar-refractivity contribution in [1.82, 2.24) is 10.2 Å². The number of carbonyl (C=O) groups excluding carboxylic acids is 1. The quantitative estimate of drug-likeness (QED) is 0.576. The van der Waals surface area contributed by atoms with E-state index in [2.05, 4.69) is 5.32 Å². The van der Waals surface area contributed by atoms with Crippen molar-refractivity contribution in [1.29, 1.82) is 0 Å². The van der Waals surface area contributed by atoms with Crippen LogP contribution < -0.4 is 5.32 Å². The number of carbonyl (C=O) groups is 2. The number of likely N-dealkylation sites (tertiary alicyclic amines) is 1. The number of carboxylic acid groups (broad SMARTS) is 1. The molecule has 0 radical (unpaired) electrons. The van der Waals surface area contributed by atoms with E-state index in [-0.39, 0.29) is 31.0 Å². The Morgan fingerprint density at radius 1 is 1.42 bits per heavy atom. The minimum Gasteiger partial charge on any atom is -0.480 e. The molecule has 0 bridgehead atoms. The summed E-state index contributed by atoms with van der Waals surface area (Å²) in [6, 6.07) is -1.74. The largest absolute Gasteiger partial charge is 0.480 e. The maximum atomic E-state index is 11.7. The zero-order chi connectivity index (χ0) is 14.6. The zero-order valence-electron chi connectivity index (χ0n) is 10.6. The smallest absolute Gasteiger partial charge is 0.326 e. The number of amides is 2. The molecule has 0 aromatic heterocycles. The predicted octanol–water partition coefficient (Wildman–Crippen LogP) is -1.35. The van der Waals surface area contributed by atoms with Gasteiger partial charge in [-0.2, -0.15) is 0 Å². The van der Waals surface area contributed by atoms with Crippen molar-refractivity contribution in [2.75, 3.05) is 24.6 Å². The van der Waals surface area contributed by atoms with Gasteiger partial charge in [-0.15, -0.1) is 0 Å². The van der Waals surface area contributed by atoms with Crippen LogP contribution in [0.5, 0.6) is 0 Å². The lowest BCUT2D eigenvalue weighted by atomic mass is 10.2. The number of nitrogens with zero attached hydrogens (tertiary/aromatic N) is 1. The highest BCUT2D eigenvalue weighted by Gasteiger charge is 2.38. The van der Waals surface area contributed by atoms with E-state index >= 15 is 0 Å². The van der Waals surface area contributed by atoms with Crippen LogP contribution in [0, 0.1) is 0 Å². The van der Waals surface area contributed by atoms with Crippen LogP contribution in [0.2, 0.25) is 0 Å². The first-order chi connectivity index (χ1) is 8.76. The van der Waals surface area contributed by atoms with E-state index in [1.165, 1.54) is 6.92 Å².